The van der Waals surface area contributed by atoms with E-state index in [4.69, 9.17) is 0 Å². The number of aliphatic hydroxyl groups excluding tert-OH is 1. The van der Waals surface area contributed by atoms with Gasteiger partial charge in [0.25, 0.3) is 0 Å². The molecule has 142 valence electrons. The van der Waals surface area contributed by atoms with Gasteiger partial charge < -0.3 is 15.3 Å². The molecule has 1 saturated heterocycles. The first kappa shape index (κ1) is 15.8. The van der Waals surface area contributed by atoms with Crippen LogP contribution in [0.25, 0.3) is 0 Å². The molecule has 4 bridgehead atoms. The number of rotatable bonds is 5. The molecular formula is C19H23FN6O. The van der Waals surface area contributed by atoms with Gasteiger partial charge in [0.05, 0.1) is 6.61 Å². The summed E-state index contributed by atoms with van der Waals surface area (Å²) in [6.07, 6.45) is 6.78. The third kappa shape index (κ3) is 2.19. The number of alkyl halides is 1. The normalized spacial score (nSPS) is 38.6. The Morgan fingerprint density at radius 2 is 2.19 bits per heavy atom. The van der Waals surface area contributed by atoms with Gasteiger partial charge in [0.15, 0.2) is 5.82 Å². The summed E-state index contributed by atoms with van der Waals surface area (Å²) in [5.41, 5.74) is 0.0960. The molecular weight excluding hydrogens is 347 g/mol. The minimum atomic E-state index is -0.915. The molecule has 7 rings (SSSR count). The minimum absolute atomic E-state index is 0.0189. The fourth-order valence-corrected chi connectivity index (χ4v) is 5.80. The molecule has 8 heteroatoms. The second-order valence-corrected chi connectivity index (χ2v) is 9.18. The maximum atomic E-state index is 13.8. The Kier molecular flexibility index (Phi) is 2.91. The summed E-state index contributed by atoms with van der Waals surface area (Å²) >= 11 is 0. The van der Waals surface area contributed by atoms with E-state index in [0.29, 0.717) is 42.9 Å². The van der Waals surface area contributed by atoms with Gasteiger partial charge in [-0.1, -0.05) is 0 Å². The Bertz CT molecular complexity index is 895. The lowest BCUT2D eigenvalue weighted by Crippen LogP contribution is -2.67. The zero-order valence-electron chi connectivity index (χ0n) is 15.1. The Balaban J connectivity index is 1.19. The minimum Gasteiger partial charge on any atom is -0.396 e. The van der Waals surface area contributed by atoms with Crippen LogP contribution in [0.15, 0.2) is 18.3 Å². The monoisotopic (exact) mass is 370 g/mol. The molecule has 5 fully saturated rings. The van der Waals surface area contributed by atoms with Crippen LogP contribution in [0.3, 0.4) is 0 Å². The summed E-state index contributed by atoms with van der Waals surface area (Å²) in [7, 11) is 0. The maximum absolute atomic E-state index is 13.8. The van der Waals surface area contributed by atoms with E-state index in [0.717, 1.165) is 31.5 Å². The van der Waals surface area contributed by atoms with Gasteiger partial charge in [-0.25, -0.2) is 9.37 Å². The number of fused-ring (bicyclic) bond motifs is 2. The highest BCUT2D eigenvalue weighted by molar-refractivity contribution is 5.55. The second kappa shape index (κ2) is 4.98. The zero-order chi connectivity index (χ0) is 18.3. The number of aromatic nitrogens is 4. The van der Waals surface area contributed by atoms with Crippen LogP contribution in [-0.2, 0) is 5.41 Å². The van der Waals surface area contributed by atoms with Crippen molar-refractivity contribution in [3.05, 3.63) is 24.0 Å². The van der Waals surface area contributed by atoms with Gasteiger partial charge in [-0.3, -0.25) is 5.10 Å². The van der Waals surface area contributed by atoms with E-state index in [2.05, 4.69) is 30.4 Å². The van der Waals surface area contributed by atoms with Crippen LogP contribution in [0, 0.1) is 5.41 Å². The van der Waals surface area contributed by atoms with E-state index in [-0.39, 0.29) is 17.4 Å². The number of aliphatic hydroxyl groups is 1. The summed E-state index contributed by atoms with van der Waals surface area (Å²) in [4.78, 5) is 11.3. The van der Waals surface area contributed by atoms with Crippen molar-refractivity contribution >= 4 is 17.6 Å². The van der Waals surface area contributed by atoms with Crippen molar-refractivity contribution in [2.75, 3.05) is 23.4 Å². The van der Waals surface area contributed by atoms with Crippen molar-refractivity contribution in [1.29, 1.82) is 0 Å². The van der Waals surface area contributed by atoms with Gasteiger partial charge in [0.2, 0.25) is 5.95 Å². The number of hydrogen-bond acceptors (Lipinski definition) is 6. The highest BCUT2D eigenvalue weighted by Gasteiger charge is 2.70. The molecule has 3 heterocycles. The average Bonchev–Trinajstić information content (AvgIpc) is 3.33. The molecule has 5 aliphatic rings. The number of H-pyrrole nitrogens is 1. The number of halogens is 1. The smallest absolute Gasteiger partial charge is 0.227 e. The van der Waals surface area contributed by atoms with Crippen LogP contribution in [0.4, 0.5) is 22.0 Å². The van der Waals surface area contributed by atoms with Gasteiger partial charge in [-0.2, -0.15) is 10.1 Å². The first-order valence-corrected chi connectivity index (χ1v) is 9.73. The number of aromatic amines is 1. The summed E-state index contributed by atoms with van der Waals surface area (Å²) < 4.78 is 13.8. The van der Waals surface area contributed by atoms with Gasteiger partial charge in [-0.15, -0.1) is 0 Å². The van der Waals surface area contributed by atoms with Crippen LogP contribution in [0.2, 0.25) is 0 Å². The van der Waals surface area contributed by atoms with Crippen LogP contribution in [0.1, 0.15) is 44.2 Å². The molecule has 7 nitrogen and oxygen atoms in total. The molecule has 2 aromatic heterocycles. The highest BCUT2D eigenvalue weighted by Crippen LogP contribution is 2.69. The molecule has 2 aromatic rings. The van der Waals surface area contributed by atoms with Crippen LogP contribution in [0.5, 0.6) is 0 Å². The molecule has 0 spiro atoms. The van der Waals surface area contributed by atoms with Gasteiger partial charge >= 0.3 is 0 Å². The molecule has 4 saturated carbocycles. The summed E-state index contributed by atoms with van der Waals surface area (Å²) in [6.45, 7) is 1.05. The van der Waals surface area contributed by atoms with E-state index in [1.54, 1.807) is 6.20 Å². The van der Waals surface area contributed by atoms with Crippen molar-refractivity contribution in [3.8, 4) is 0 Å². The van der Waals surface area contributed by atoms with Crippen molar-refractivity contribution in [1.82, 2.24) is 20.2 Å². The molecule has 3 N–H and O–H groups in total. The number of hydrogen-bond donors (Lipinski definition) is 3. The molecule has 1 aliphatic heterocycles. The first-order chi connectivity index (χ1) is 13.0. The predicted octanol–water partition coefficient (Wildman–Crippen LogP) is 2.44. The Morgan fingerprint density at radius 3 is 2.93 bits per heavy atom. The van der Waals surface area contributed by atoms with Gasteiger partial charge in [-0.05, 0) is 44.6 Å². The average molecular weight is 370 g/mol. The fourth-order valence-electron chi connectivity index (χ4n) is 5.80. The lowest BCUT2D eigenvalue weighted by molar-refractivity contribution is -0.160. The molecule has 0 radical (unpaired) electrons. The SMILES string of the molecule is OCC12CCC(C1)N(c1nccc(Nc3cc(C45CC(F)(C4)C5)[nH]n3)n1)C2. The lowest BCUT2D eigenvalue weighted by atomic mass is 9.41. The number of nitrogens with one attached hydrogen (secondary N) is 2. The maximum Gasteiger partial charge on any atom is 0.227 e. The molecule has 27 heavy (non-hydrogen) atoms. The molecule has 0 amide bonds. The van der Waals surface area contributed by atoms with Gasteiger partial charge in [0.1, 0.15) is 11.5 Å². The van der Waals surface area contributed by atoms with E-state index in [1.807, 2.05) is 12.1 Å². The quantitative estimate of drug-likeness (QED) is 0.749. The first-order valence-electron chi connectivity index (χ1n) is 9.73. The third-order valence-corrected chi connectivity index (χ3v) is 7.23. The van der Waals surface area contributed by atoms with E-state index < -0.39 is 5.67 Å². The molecule has 2 atom stereocenters. The predicted molar refractivity (Wildman–Crippen MR) is 97.8 cm³/mol. The Hall–Kier alpha value is -2.22. The summed E-state index contributed by atoms with van der Waals surface area (Å²) in [5, 5.41) is 20.4. The van der Waals surface area contributed by atoms with Crippen molar-refractivity contribution in [2.24, 2.45) is 5.41 Å². The topological polar surface area (TPSA) is 90.0 Å². The number of nitrogens with zero attached hydrogens (tertiary/aromatic N) is 4. The van der Waals surface area contributed by atoms with E-state index in [9.17, 15) is 9.50 Å². The standard InChI is InChI=1S/C19H23FN6O/c20-19-7-18(8-19,9-19)13-5-15(25-24-13)22-14-2-4-21-16(23-14)26-10-17(11-27)3-1-12(26)6-17/h2,4-5,12,27H,1,3,6-11H2,(H2,21,22,23,24,25). The lowest BCUT2D eigenvalue weighted by Gasteiger charge is -2.65. The molecule has 2 unspecified atom stereocenters. The summed E-state index contributed by atoms with van der Waals surface area (Å²) in [5.74, 6) is 2.09. The van der Waals surface area contributed by atoms with Crippen LogP contribution >= 0.6 is 0 Å². The third-order valence-electron chi connectivity index (χ3n) is 7.23. The molecule has 4 aliphatic carbocycles. The van der Waals surface area contributed by atoms with Crippen molar-refractivity contribution < 1.29 is 9.50 Å². The Morgan fingerprint density at radius 1 is 1.33 bits per heavy atom. The van der Waals surface area contributed by atoms with E-state index in [1.165, 1.54) is 0 Å². The van der Waals surface area contributed by atoms with Crippen molar-refractivity contribution in [3.63, 3.8) is 0 Å². The van der Waals surface area contributed by atoms with Crippen LogP contribution < -0.4 is 10.2 Å². The highest BCUT2D eigenvalue weighted by atomic mass is 19.1. The van der Waals surface area contributed by atoms with Crippen LogP contribution in [-0.4, -0.2) is 50.1 Å². The Labute approximate surface area is 156 Å². The second-order valence-electron chi connectivity index (χ2n) is 9.18. The summed E-state index contributed by atoms with van der Waals surface area (Å²) in [6, 6.07) is 4.21. The number of anilines is 3. The fraction of sp³-hybridized carbons (Fsp3) is 0.632. The molecule has 0 aromatic carbocycles. The van der Waals surface area contributed by atoms with Crippen molar-refractivity contribution in [2.45, 2.75) is 55.7 Å². The number of piperidine rings is 1. The van der Waals surface area contributed by atoms with Gasteiger partial charge in [0, 0.05) is 41.4 Å². The largest absolute Gasteiger partial charge is 0.396 e. The van der Waals surface area contributed by atoms with E-state index >= 15 is 0 Å². The zero-order valence-corrected chi connectivity index (χ0v) is 15.1.